The molecule has 0 saturated carbocycles. The normalized spacial score (nSPS) is 23.4. The second-order valence-electron chi connectivity index (χ2n) is 9.47. The second kappa shape index (κ2) is 12.7. The van der Waals surface area contributed by atoms with Crippen LogP contribution in [0.25, 0.3) is 0 Å². The van der Waals surface area contributed by atoms with E-state index >= 15 is 0 Å². The van der Waals surface area contributed by atoms with Crippen molar-refractivity contribution in [2.75, 3.05) is 13.2 Å². The third kappa shape index (κ3) is 8.98. The Labute approximate surface area is 206 Å². The molecule has 3 rings (SSSR count). The molecule has 8 heteroatoms. The third-order valence-corrected chi connectivity index (χ3v) is 5.27. The van der Waals surface area contributed by atoms with Gasteiger partial charge in [-0.2, -0.15) is 0 Å². The molecule has 0 aliphatic carbocycles. The molecule has 1 amide bonds. The highest BCUT2D eigenvalue weighted by Crippen LogP contribution is 2.20. The number of esters is 1. The number of carbonyl (C=O) groups excluding carboxylic acids is 2. The summed E-state index contributed by atoms with van der Waals surface area (Å²) >= 11 is 0. The molecule has 1 fully saturated rings. The Morgan fingerprint density at radius 2 is 1.51 bits per heavy atom. The number of nitrogens with one attached hydrogen (secondary N) is 1. The molecular weight excluding hydrogens is 450 g/mol. The second-order valence-corrected chi connectivity index (χ2v) is 9.47. The van der Waals surface area contributed by atoms with E-state index in [1.165, 1.54) is 0 Å². The Morgan fingerprint density at radius 1 is 0.943 bits per heavy atom. The van der Waals surface area contributed by atoms with Crippen molar-refractivity contribution in [1.29, 1.82) is 0 Å². The van der Waals surface area contributed by atoms with Gasteiger partial charge in [0.25, 0.3) is 0 Å². The highest BCUT2D eigenvalue weighted by molar-refractivity contribution is 5.81. The molecule has 1 aliphatic heterocycles. The molecule has 0 bridgehead atoms. The van der Waals surface area contributed by atoms with Crippen LogP contribution in [0.4, 0.5) is 4.79 Å². The smallest absolute Gasteiger partial charge is 0.408 e. The van der Waals surface area contributed by atoms with Gasteiger partial charge >= 0.3 is 12.1 Å². The van der Waals surface area contributed by atoms with Gasteiger partial charge < -0.3 is 29.0 Å². The summed E-state index contributed by atoms with van der Waals surface area (Å²) in [5.41, 5.74) is 1.29. The number of hydrogen-bond donors (Lipinski definition) is 1. The molecule has 0 spiro atoms. The minimum Gasteiger partial charge on any atom is -0.458 e. The Kier molecular flexibility index (Phi) is 9.65. The van der Waals surface area contributed by atoms with Crippen LogP contribution in [0, 0.1) is 0 Å². The van der Waals surface area contributed by atoms with Gasteiger partial charge in [-0.1, -0.05) is 60.7 Å². The van der Waals surface area contributed by atoms with E-state index < -0.39 is 42.0 Å². The van der Waals surface area contributed by atoms with Crippen LogP contribution in [0.2, 0.25) is 0 Å². The molecule has 0 unspecified atom stereocenters. The van der Waals surface area contributed by atoms with Crippen molar-refractivity contribution in [3.05, 3.63) is 71.8 Å². The predicted octanol–water partition coefficient (Wildman–Crippen LogP) is 4.01. The average molecular weight is 486 g/mol. The lowest BCUT2D eigenvalue weighted by Gasteiger charge is -2.30. The van der Waals surface area contributed by atoms with Crippen LogP contribution in [-0.2, 0) is 41.7 Å². The van der Waals surface area contributed by atoms with Gasteiger partial charge in [-0.3, -0.25) is 0 Å². The van der Waals surface area contributed by atoms with Crippen LogP contribution in [0.1, 0.15) is 38.8 Å². The number of hydrogen-bond acceptors (Lipinski definition) is 7. The molecule has 8 nitrogen and oxygen atoms in total. The quantitative estimate of drug-likeness (QED) is 0.593. The lowest BCUT2D eigenvalue weighted by atomic mass is 10.1. The van der Waals surface area contributed by atoms with Crippen LogP contribution in [-0.4, -0.2) is 55.2 Å². The number of carbonyl (C=O) groups is 2. The minimum absolute atomic E-state index is 0.0819. The summed E-state index contributed by atoms with van der Waals surface area (Å²) in [4.78, 5) is 25.1. The van der Waals surface area contributed by atoms with Crippen molar-refractivity contribution in [2.45, 2.75) is 70.9 Å². The van der Waals surface area contributed by atoms with Crippen molar-refractivity contribution in [3.63, 3.8) is 0 Å². The van der Waals surface area contributed by atoms with Gasteiger partial charge in [0.15, 0.2) is 6.04 Å². The van der Waals surface area contributed by atoms with Gasteiger partial charge in [0, 0.05) is 0 Å². The van der Waals surface area contributed by atoms with E-state index in [4.69, 9.17) is 23.7 Å². The number of ether oxygens (including phenoxy) is 5. The van der Waals surface area contributed by atoms with Crippen LogP contribution >= 0.6 is 0 Å². The molecule has 0 aromatic heterocycles. The summed E-state index contributed by atoms with van der Waals surface area (Å²) in [5.74, 6) is -0.625. The van der Waals surface area contributed by atoms with Crippen LogP contribution in [0.5, 0.6) is 0 Å². The average Bonchev–Trinajstić information content (AvgIpc) is 2.85. The SMILES string of the molecule is C[C@@H]1OC(=O)[C@H](NC(=O)OC(C)(C)C)COC[C@@H](OCc2ccccc2)[C@@H]1OCc1ccccc1. The number of cyclic esters (lactones) is 1. The van der Waals surface area contributed by atoms with E-state index in [0.717, 1.165) is 11.1 Å². The zero-order chi connectivity index (χ0) is 25.3. The number of rotatable bonds is 7. The summed E-state index contributed by atoms with van der Waals surface area (Å²) < 4.78 is 29.2. The molecule has 1 saturated heterocycles. The van der Waals surface area contributed by atoms with Gasteiger partial charge in [-0.05, 0) is 38.8 Å². The molecule has 1 N–H and O–H groups in total. The number of alkyl carbamates (subject to hydrolysis) is 1. The first-order valence-electron chi connectivity index (χ1n) is 11.8. The predicted molar refractivity (Wildman–Crippen MR) is 130 cm³/mol. The molecule has 190 valence electrons. The van der Waals surface area contributed by atoms with Crippen molar-refractivity contribution in [3.8, 4) is 0 Å². The van der Waals surface area contributed by atoms with Crippen LogP contribution in [0.3, 0.4) is 0 Å². The number of amides is 1. The summed E-state index contributed by atoms with van der Waals surface area (Å²) in [7, 11) is 0. The van der Waals surface area contributed by atoms with Crippen molar-refractivity contribution in [1.82, 2.24) is 5.32 Å². The molecule has 1 aliphatic rings. The van der Waals surface area contributed by atoms with E-state index in [1.54, 1.807) is 27.7 Å². The van der Waals surface area contributed by atoms with E-state index in [2.05, 4.69) is 5.32 Å². The lowest BCUT2D eigenvalue weighted by molar-refractivity contribution is -0.171. The van der Waals surface area contributed by atoms with Crippen LogP contribution in [0.15, 0.2) is 60.7 Å². The standard InChI is InChI=1S/C27H35NO7/c1-19-24(33-16-21-13-9-6-10-14-21)23(32-15-20-11-7-5-8-12-20)18-31-17-22(25(29)34-19)28-26(30)35-27(2,3)4/h5-14,19,22-24H,15-18H2,1-4H3,(H,28,30)/t19-,22+,23+,24+/m0/s1. The van der Waals surface area contributed by atoms with E-state index in [0.29, 0.717) is 13.2 Å². The minimum atomic E-state index is -1.02. The molecule has 35 heavy (non-hydrogen) atoms. The van der Waals surface area contributed by atoms with Gasteiger partial charge in [0.1, 0.15) is 23.9 Å². The molecule has 4 atom stereocenters. The van der Waals surface area contributed by atoms with E-state index in [1.807, 2.05) is 60.7 Å². The first-order valence-corrected chi connectivity index (χ1v) is 11.8. The molecule has 2 aromatic carbocycles. The molecule has 0 radical (unpaired) electrons. The Bertz CT molecular complexity index is 930. The molecular formula is C27H35NO7. The molecule has 1 heterocycles. The largest absolute Gasteiger partial charge is 0.458 e. The number of benzene rings is 2. The maximum atomic E-state index is 12.9. The van der Waals surface area contributed by atoms with Gasteiger partial charge in [0.05, 0.1) is 26.4 Å². The third-order valence-electron chi connectivity index (χ3n) is 5.27. The molecule has 2 aromatic rings. The Morgan fingerprint density at radius 3 is 2.09 bits per heavy atom. The first kappa shape index (κ1) is 26.7. The lowest BCUT2D eigenvalue weighted by Crippen LogP contribution is -2.48. The first-order chi connectivity index (χ1) is 16.7. The van der Waals surface area contributed by atoms with Crippen molar-refractivity contribution >= 4 is 12.1 Å². The van der Waals surface area contributed by atoms with Gasteiger partial charge in [0.2, 0.25) is 0 Å². The summed E-state index contributed by atoms with van der Waals surface area (Å²) in [6.07, 6.45) is -2.48. The fourth-order valence-electron chi connectivity index (χ4n) is 3.58. The van der Waals surface area contributed by atoms with Crippen molar-refractivity contribution in [2.24, 2.45) is 0 Å². The maximum Gasteiger partial charge on any atom is 0.408 e. The van der Waals surface area contributed by atoms with E-state index in [-0.39, 0.29) is 13.2 Å². The highest BCUT2D eigenvalue weighted by Gasteiger charge is 2.36. The van der Waals surface area contributed by atoms with Gasteiger partial charge in [-0.25, -0.2) is 9.59 Å². The monoisotopic (exact) mass is 485 g/mol. The van der Waals surface area contributed by atoms with Crippen molar-refractivity contribution < 1.29 is 33.3 Å². The zero-order valence-corrected chi connectivity index (χ0v) is 20.8. The van der Waals surface area contributed by atoms with Gasteiger partial charge in [-0.15, -0.1) is 0 Å². The summed E-state index contributed by atoms with van der Waals surface area (Å²) in [5, 5.41) is 2.54. The summed E-state index contributed by atoms with van der Waals surface area (Å²) in [6, 6.07) is 18.5. The maximum absolute atomic E-state index is 12.9. The fraction of sp³-hybridized carbons (Fsp3) is 0.481. The summed E-state index contributed by atoms with van der Waals surface area (Å²) in [6.45, 7) is 7.73. The topological polar surface area (TPSA) is 92.3 Å². The fourth-order valence-corrected chi connectivity index (χ4v) is 3.58. The van der Waals surface area contributed by atoms with E-state index in [9.17, 15) is 9.59 Å². The highest BCUT2D eigenvalue weighted by atomic mass is 16.6. The Balaban J connectivity index is 1.72. The zero-order valence-electron chi connectivity index (χ0n) is 20.8. The van der Waals surface area contributed by atoms with Crippen LogP contribution < -0.4 is 5.32 Å². The Hall–Kier alpha value is -2.94.